The molecule has 0 aromatic carbocycles. The lowest BCUT2D eigenvalue weighted by atomic mass is 9.68. The van der Waals surface area contributed by atoms with E-state index in [1.54, 1.807) is 6.17 Å². The minimum absolute atomic E-state index is 0.365. The summed E-state index contributed by atoms with van der Waals surface area (Å²) < 4.78 is 11.8. The number of halogens is 1. The number of rotatable bonds is 0. The topological polar surface area (TPSA) is 0 Å². The zero-order valence-electron chi connectivity index (χ0n) is 8.06. The Labute approximate surface area is 79.9 Å². The Morgan fingerprint density at radius 1 is 0.923 bits per heavy atom. The Bertz CT molecular complexity index is 223. The highest BCUT2D eigenvalue weighted by Crippen LogP contribution is 2.42. The molecule has 0 radical (unpaired) electrons. The first-order valence-corrected chi connectivity index (χ1v) is 5.51. The minimum Gasteiger partial charge on any atom is -0.144 e. The predicted octanol–water partition coefficient (Wildman–Crippen LogP) is 3.52. The maximum absolute atomic E-state index is 11.8. The number of hydrogen-bond donors (Lipinski definition) is 0. The van der Waals surface area contributed by atoms with Gasteiger partial charge in [-0.25, -0.2) is 0 Å². The van der Waals surface area contributed by atoms with E-state index in [2.05, 4.69) is 5.92 Å². The summed E-state index contributed by atoms with van der Waals surface area (Å²) in [4.78, 5) is 0. The van der Waals surface area contributed by atoms with Crippen LogP contribution in [0.4, 0.5) is 4.39 Å². The SMILES string of the molecule is FC#CC1CCC2CCCCC2C1. The van der Waals surface area contributed by atoms with Gasteiger partial charge in [0.05, 0.1) is 0 Å². The third kappa shape index (κ3) is 2.05. The highest BCUT2D eigenvalue weighted by Gasteiger charge is 2.31. The molecule has 0 heterocycles. The van der Waals surface area contributed by atoms with Gasteiger partial charge in [-0.1, -0.05) is 31.6 Å². The van der Waals surface area contributed by atoms with Crippen molar-refractivity contribution in [3.05, 3.63) is 0 Å². The maximum Gasteiger partial charge on any atom is 0.105 e. The van der Waals surface area contributed by atoms with E-state index in [1.165, 1.54) is 38.5 Å². The van der Waals surface area contributed by atoms with Crippen molar-refractivity contribution in [1.29, 1.82) is 0 Å². The summed E-state index contributed by atoms with van der Waals surface area (Å²) in [7, 11) is 0. The first-order chi connectivity index (χ1) is 6.40. The molecule has 0 spiro atoms. The third-order valence-electron chi connectivity index (χ3n) is 3.80. The lowest BCUT2D eigenvalue weighted by molar-refractivity contribution is 0.149. The van der Waals surface area contributed by atoms with Crippen LogP contribution < -0.4 is 0 Å². The summed E-state index contributed by atoms with van der Waals surface area (Å²) in [5, 5.41) is 0. The van der Waals surface area contributed by atoms with Crippen molar-refractivity contribution in [2.24, 2.45) is 17.8 Å². The van der Waals surface area contributed by atoms with E-state index >= 15 is 0 Å². The Morgan fingerprint density at radius 2 is 1.69 bits per heavy atom. The first kappa shape index (κ1) is 9.06. The molecule has 2 aliphatic carbocycles. The molecule has 2 rings (SSSR count). The van der Waals surface area contributed by atoms with Crippen LogP contribution in [-0.4, -0.2) is 0 Å². The second-order valence-electron chi connectivity index (χ2n) is 4.55. The molecular weight excluding hydrogens is 163 g/mol. The van der Waals surface area contributed by atoms with E-state index in [4.69, 9.17) is 0 Å². The lowest BCUT2D eigenvalue weighted by Crippen LogP contribution is -2.27. The first-order valence-electron chi connectivity index (χ1n) is 5.51. The summed E-state index contributed by atoms with van der Waals surface area (Å²) in [6.07, 6.45) is 10.8. The van der Waals surface area contributed by atoms with Gasteiger partial charge < -0.3 is 0 Å². The smallest absolute Gasteiger partial charge is 0.105 e. The zero-order chi connectivity index (χ0) is 9.10. The molecule has 3 atom stereocenters. The summed E-state index contributed by atoms with van der Waals surface area (Å²) in [5.74, 6) is 4.89. The second kappa shape index (κ2) is 4.13. The molecule has 0 saturated heterocycles. The van der Waals surface area contributed by atoms with E-state index in [0.717, 1.165) is 18.3 Å². The van der Waals surface area contributed by atoms with Crippen molar-refractivity contribution < 1.29 is 4.39 Å². The lowest BCUT2D eigenvalue weighted by Gasteiger charge is -2.37. The van der Waals surface area contributed by atoms with Crippen LogP contribution in [0, 0.1) is 29.8 Å². The molecule has 0 bridgehead atoms. The van der Waals surface area contributed by atoms with E-state index in [9.17, 15) is 4.39 Å². The van der Waals surface area contributed by atoms with Crippen molar-refractivity contribution in [2.75, 3.05) is 0 Å². The van der Waals surface area contributed by atoms with Crippen molar-refractivity contribution in [3.8, 4) is 12.1 Å². The van der Waals surface area contributed by atoms with Gasteiger partial charge in [-0.2, -0.15) is 0 Å². The average molecular weight is 180 g/mol. The molecule has 72 valence electrons. The maximum atomic E-state index is 11.8. The van der Waals surface area contributed by atoms with Gasteiger partial charge in [-0.3, -0.25) is 0 Å². The van der Waals surface area contributed by atoms with Crippen LogP contribution in [0.5, 0.6) is 0 Å². The van der Waals surface area contributed by atoms with Gasteiger partial charge in [-0.05, 0) is 31.1 Å². The number of fused-ring (bicyclic) bond motifs is 1. The van der Waals surface area contributed by atoms with Gasteiger partial charge in [0.25, 0.3) is 0 Å². The fraction of sp³-hybridized carbons (Fsp3) is 0.833. The Morgan fingerprint density at radius 3 is 2.46 bits per heavy atom. The Kier molecular flexibility index (Phi) is 2.88. The monoisotopic (exact) mass is 180 g/mol. The van der Waals surface area contributed by atoms with Gasteiger partial charge in [0, 0.05) is 5.92 Å². The highest BCUT2D eigenvalue weighted by atomic mass is 19.1. The molecule has 3 unspecified atom stereocenters. The van der Waals surface area contributed by atoms with Gasteiger partial charge in [0.2, 0.25) is 0 Å². The van der Waals surface area contributed by atoms with Crippen LogP contribution in [0.1, 0.15) is 44.9 Å². The van der Waals surface area contributed by atoms with Crippen LogP contribution in [0.2, 0.25) is 0 Å². The quantitative estimate of drug-likeness (QED) is 0.500. The molecule has 0 amide bonds. The Balaban J connectivity index is 1.93. The fourth-order valence-electron chi connectivity index (χ4n) is 3.08. The van der Waals surface area contributed by atoms with Crippen molar-refractivity contribution >= 4 is 0 Å². The molecule has 0 N–H and O–H groups in total. The van der Waals surface area contributed by atoms with Crippen LogP contribution in [0.3, 0.4) is 0 Å². The van der Waals surface area contributed by atoms with Crippen LogP contribution in [0.25, 0.3) is 0 Å². The molecule has 1 heteroatoms. The molecular formula is C12H17F. The van der Waals surface area contributed by atoms with Gasteiger partial charge in [0.15, 0.2) is 0 Å². The molecule has 0 aromatic rings. The molecule has 2 fully saturated rings. The average Bonchev–Trinajstić information content (AvgIpc) is 2.18. The Hall–Kier alpha value is -0.510. The van der Waals surface area contributed by atoms with Gasteiger partial charge in [-0.15, -0.1) is 4.39 Å². The van der Waals surface area contributed by atoms with Gasteiger partial charge in [0.1, 0.15) is 6.17 Å². The van der Waals surface area contributed by atoms with E-state index in [0.29, 0.717) is 5.92 Å². The summed E-state index contributed by atoms with van der Waals surface area (Å²) in [5.41, 5.74) is 0. The van der Waals surface area contributed by atoms with Crippen molar-refractivity contribution in [1.82, 2.24) is 0 Å². The van der Waals surface area contributed by atoms with E-state index < -0.39 is 0 Å². The molecule has 0 aliphatic heterocycles. The second-order valence-corrected chi connectivity index (χ2v) is 4.55. The van der Waals surface area contributed by atoms with Gasteiger partial charge >= 0.3 is 0 Å². The standard InChI is InChI=1S/C12H17F/c13-8-7-10-5-6-11-3-1-2-4-12(11)9-10/h10-12H,1-6,9H2. The van der Waals surface area contributed by atoms with Crippen LogP contribution >= 0.6 is 0 Å². The normalized spacial score (nSPS) is 38.7. The minimum atomic E-state index is 0.365. The molecule has 13 heavy (non-hydrogen) atoms. The largest absolute Gasteiger partial charge is 0.144 e. The number of hydrogen-bond acceptors (Lipinski definition) is 0. The summed E-state index contributed by atoms with van der Waals surface area (Å²) in [6, 6.07) is 0. The van der Waals surface area contributed by atoms with Crippen LogP contribution in [0.15, 0.2) is 0 Å². The summed E-state index contributed by atoms with van der Waals surface area (Å²) >= 11 is 0. The zero-order valence-corrected chi connectivity index (χ0v) is 8.06. The van der Waals surface area contributed by atoms with Crippen molar-refractivity contribution in [3.63, 3.8) is 0 Å². The summed E-state index contributed by atoms with van der Waals surface area (Å²) in [6.45, 7) is 0. The van der Waals surface area contributed by atoms with Crippen LogP contribution in [-0.2, 0) is 0 Å². The highest BCUT2D eigenvalue weighted by molar-refractivity contribution is 5.01. The van der Waals surface area contributed by atoms with E-state index in [-0.39, 0.29) is 0 Å². The molecule has 0 nitrogen and oxygen atoms in total. The van der Waals surface area contributed by atoms with Crippen molar-refractivity contribution in [2.45, 2.75) is 44.9 Å². The molecule has 0 aromatic heterocycles. The van der Waals surface area contributed by atoms with E-state index in [1.807, 2.05) is 0 Å². The fourth-order valence-corrected chi connectivity index (χ4v) is 3.08. The predicted molar refractivity (Wildman–Crippen MR) is 51.7 cm³/mol. The third-order valence-corrected chi connectivity index (χ3v) is 3.80. The molecule has 2 saturated carbocycles. The molecule has 2 aliphatic rings.